The topological polar surface area (TPSA) is 29.4 Å². The number of halogens is 1. The average Bonchev–Trinajstić information content (AvgIpc) is 2.84. The quantitative estimate of drug-likeness (QED) is 0.783. The Hall–Kier alpha value is -2.20. The molecule has 0 aliphatic carbocycles. The molecule has 3 rings (SSSR count). The molecule has 0 radical (unpaired) electrons. The minimum atomic E-state index is -0.346. The summed E-state index contributed by atoms with van der Waals surface area (Å²) in [5.41, 5.74) is 1.29. The number of rotatable bonds is 2. The third-order valence-electron chi connectivity index (χ3n) is 2.83. The lowest BCUT2D eigenvalue weighted by molar-refractivity contribution is -0.113. The van der Waals surface area contributed by atoms with Gasteiger partial charge in [0.25, 0.3) is 5.91 Å². The third kappa shape index (κ3) is 2.56. The van der Waals surface area contributed by atoms with E-state index in [0.29, 0.717) is 15.5 Å². The molecule has 1 heterocycles. The first-order valence-electron chi connectivity index (χ1n) is 6.06. The summed E-state index contributed by atoms with van der Waals surface area (Å²) in [6.45, 7) is 0. The van der Waals surface area contributed by atoms with Crippen molar-refractivity contribution in [3.05, 3.63) is 76.4 Å². The zero-order valence-electron chi connectivity index (χ0n) is 10.4. The Bertz CT molecular complexity index is 722. The van der Waals surface area contributed by atoms with Gasteiger partial charge in [-0.25, -0.2) is 9.38 Å². The number of hydrogen-bond acceptors (Lipinski definition) is 2. The normalized spacial score (nSPS) is 16.6. The van der Waals surface area contributed by atoms with Crippen molar-refractivity contribution in [2.75, 3.05) is 0 Å². The predicted molar refractivity (Wildman–Crippen MR) is 80.0 cm³/mol. The molecule has 20 heavy (non-hydrogen) atoms. The van der Waals surface area contributed by atoms with Crippen molar-refractivity contribution >= 4 is 28.8 Å². The molecule has 2 nitrogen and oxygen atoms in total. The molecular formula is C16H10FNOS. The summed E-state index contributed by atoms with van der Waals surface area (Å²) in [4.78, 5) is 16.3. The number of aliphatic imine (C=N–C) groups is 1. The van der Waals surface area contributed by atoms with Crippen molar-refractivity contribution in [1.29, 1.82) is 0 Å². The average molecular weight is 283 g/mol. The van der Waals surface area contributed by atoms with Crippen LogP contribution in [-0.4, -0.2) is 11.0 Å². The summed E-state index contributed by atoms with van der Waals surface area (Å²) in [6, 6.07) is 15.8. The molecule has 1 aliphatic heterocycles. The summed E-state index contributed by atoms with van der Waals surface area (Å²) < 4.78 is 13.6. The molecule has 0 fully saturated rings. The second kappa shape index (κ2) is 5.43. The van der Waals surface area contributed by atoms with E-state index in [1.807, 2.05) is 30.3 Å². The molecular weight excluding hydrogens is 273 g/mol. The predicted octanol–water partition coefficient (Wildman–Crippen LogP) is 3.89. The van der Waals surface area contributed by atoms with Gasteiger partial charge in [-0.2, -0.15) is 0 Å². The van der Waals surface area contributed by atoms with Gasteiger partial charge in [0.1, 0.15) is 10.9 Å². The maximum Gasteiger partial charge on any atom is 0.284 e. The van der Waals surface area contributed by atoms with E-state index >= 15 is 0 Å². The molecule has 98 valence electrons. The molecule has 0 aromatic heterocycles. The first-order valence-corrected chi connectivity index (χ1v) is 6.88. The van der Waals surface area contributed by atoms with E-state index in [9.17, 15) is 9.18 Å². The van der Waals surface area contributed by atoms with Gasteiger partial charge in [-0.15, -0.1) is 0 Å². The highest BCUT2D eigenvalue weighted by atomic mass is 32.2. The lowest BCUT2D eigenvalue weighted by Crippen LogP contribution is -1.89. The van der Waals surface area contributed by atoms with E-state index in [1.54, 1.807) is 24.3 Å². The van der Waals surface area contributed by atoms with Crippen LogP contribution >= 0.6 is 11.8 Å². The van der Waals surface area contributed by atoms with Gasteiger partial charge in [0.05, 0.1) is 4.91 Å². The van der Waals surface area contributed by atoms with Gasteiger partial charge in [-0.1, -0.05) is 60.3 Å². The van der Waals surface area contributed by atoms with Crippen molar-refractivity contribution < 1.29 is 9.18 Å². The van der Waals surface area contributed by atoms with Gasteiger partial charge in [0.2, 0.25) is 0 Å². The maximum absolute atomic E-state index is 13.6. The fourth-order valence-corrected chi connectivity index (χ4v) is 2.76. The molecule has 0 saturated carbocycles. The standard InChI is InChI=1S/C16H10FNOS/c17-13-9-5-4-8-12(13)10-14-15(19)18-16(20-14)11-6-2-1-3-7-11/h1-10H. The highest BCUT2D eigenvalue weighted by Crippen LogP contribution is 2.31. The van der Waals surface area contributed by atoms with Gasteiger partial charge >= 0.3 is 0 Å². The van der Waals surface area contributed by atoms with Crippen LogP contribution in [0.5, 0.6) is 0 Å². The molecule has 1 amide bonds. The van der Waals surface area contributed by atoms with Crippen molar-refractivity contribution in [1.82, 2.24) is 0 Å². The SMILES string of the molecule is O=C1N=C(c2ccccc2)SC1=Cc1ccccc1F. The molecule has 1 aliphatic rings. The van der Waals surface area contributed by atoms with Gasteiger partial charge in [-0.3, -0.25) is 4.79 Å². The number of nitrogens with zero attached hydrogens (tertiary/aromatic N) is 1. The van der Waals surface area contributed by atoms with E-state index < -0.39 is 0 Å². The Morgan fingerprint density at radius 2 is 1.70 bits per heavy atom. The Morgan fingerprint density at radius 3 is 2.45 bits per heavy atom. The number of benzene rings is 2. The van der Waals surface area contributed by atoms with Crippen molar-refractivity contribution in [2.24, 2.45) is 4.99 Å². The van der Waals surface area contributed by atoms with Crippen LogP contribution < -0.4 is 0 Å². The zero-order valence-corrected chi connectivity index (χ0v) is 11.2. The molecule has 0 N–H and O–H groups in total. The number of amides is 1. The van der Waals surface area contributed by atoms with E-state index in [1.165, 1.54) is 17.8 Å². The summed E-state index contributed by atoms with van der Waals surface area (Å²) in [7, 11) is 0. The van der Waals surface area contributed by atoms with Crippen LogP contribution in [0.2, 0.25) is 0 Å². The summed E-state index contributed by atoms with van der Waals surface area (Å²) in [6.07, 6.45) is 1.54. The molecule has 0 atom stereocenters. The lowest BCUT2D eigenvalue weighted by atomic mass is 10.2. The largest absolute Gasteiger partial charge is 0.284 e. The Balaban J connectivity index is 1.90. The zero-order chi connectivity index (χ0) is 13.9. The molecule has 2 aromatic rings. The van der Waals surface area contributed by atoms with Crippen LogP contribution in [-0.2, 0) is 4.79 Å². The monoisotopic (exact) mass is 283 g/mol. The third-order valence-corrected chi connectivity index (χ3v) is 3.87. The summed E-state index contributed by atoms with van der Waals surface area (Å²) in [5, 5.41) is 0.651. The fraction of sp³-hybridized carbons (Fsp3) is 0. The Morgan fingerprint density at radius 1 is 1.00 bits per heavy atom. The van der Waals surface area contributed by atoms with Gasteiger partial charge in [0, 0.05) is 11.1 Å². The Kier molecular flexibility index (Phi) is 3.48. The highest BCUT2D eigenvalue weighted by molar-refractivity contribution is 8.19. The van der Waals surface area contributed by atoms with Gasteiger partial charge in [-0.05, 0) is 12.1 Å². The number of hydrogen-bond donors (Lipinski definition) is 0. The van der Waals surface area contributed by atoms with Crippen molar-refractivity contribution in [3.63, 3.8) is 0 Å². The van der Waals surface area contributed by atoms with Gasteiger partial charge < -0.3 is 0 Å². The van der Waals surface area contributed by atoms with E-state index in [4.69, 9.17) is 0 Å². The van der Waals surface area contributed by atoms with E-state index in [0.717, 1.165) is 5.56 Å². The molecule has 4 heteroatoms. The van der Waals surface area contributed by atoms with Crippen LogP contribution in [0, 0.1) is 5.82 Å². The summed E-state index contributed by atoms with van der Waals surface area (Å²) >= 11 is 1.27. The second-order valence-corrected chi connectivity index (χ2v) is 5.25. The molecule has 0 spiro atoms. The van der Waals surface area contributed by atoms with Gasteiger partial charge in [0.15, 0.2) is 0 Å². The van der Waals surface area contributed by atoms with E-state index in [2.05, 4.69) is 4.99 Å². The van der Waals surface area contributed by atoms with Crippen molar-refractivity contribution in [2.45, 2.75) is 0 Å². The summed E-state index contributed by atoms with van der Waals surface area (Å²) in [5.74, 6) is -0.668. The molecule has 0 saturated heterocycles. The first kappa shape index (κ1) is 12.8. The molecule has 2 aromatic carbocycles. The minimum absolute atomic E-state index is 0.322. The Labute approximate surface area is 120 Å². The fourth-order valence-electron chi connectivity index (χ4n) is 1.85. The van der Waals surface area contributed by atoms with Crippen LogP contribution in [0.3, 0.4) is 0 Å². The molecule has 0 bridgehead atoms. The maximum atomic E-state index is 13.6. The smallest absolute Gasteiger partial charge is 0.266 e. The van der Waals surface area contributed by atoms with Crippen LogP contribution in [0.4, 0.5) is 4.39 Å². The number of carbonyl (C=O) groups is 1. The van der Waals surface area contributed by atoms with Crippen LogP contribution in [0.1, 0.15) is 11.1 Å². The number of carbonyl (C=O) groups excluding carboxylic acids is 1. The minimum Gasteiger partial charge on any atom is -0.266 e. The van der Waals surface area contributed by atoms with Crippen molar-refractivity contribution in [3.8, 4) is 0 Å². The lowest BCUT2D eigenvalue weighted by Gasteiger charge is -1.99. The van der Waals surface area contributed by atoms with Crippen LogP contribution in [0.25, 0.3) is 6.08 Å². The first-order chi connectivity index (χ1) is 9.74. The van der Waals surface area contributed by atoms with E-state index in [-0.39, 0.29) is 11.7 Å². The highest BCUT2D eigenvalue weighted by Gasteiger charge is 2.22. The molecule has 0 unspecified atom stereocenters. The van der Waals surface area contributed by atoms with Crippen LogP contribution in [0.15, 0.2) is 64.5 Å². The number of thioether (sulfide) groups is 1. The second-order valence-electron chi connectivity index (χ2n) is 4.22.